The van der Waals surface area contributed by atoms with E-state index < -0.39 is 0 Å². The minimum atomic E-state index is -0.171. The summed E-state index contributed by atoms with van der Waals surface area (Å²) in [5, 5.41) is 3.15. The largest absolute Gasteiger partial charge is 0.207 e. The zero-order valence-corrected chi connectivity index (χ0v) is 7.96. The van der Waals surface area contributed by atoms with Gasteiger partial charge in [0.1, 0.15) is 5.82 Å². The fourth-order valence-corrected chi connectivity index (χ4v) is 2.55. The first-order chi connectivity index (χ1) is 5.81. The highest BCUT2D eigenvalue weighted by atomic mass is 32.1. The van der Waals surface area contributed by atoms with Crippen molar-refractivity contribution in [3.63, 3.8) is 0 Å². The highest BCUT2D eigenvalue weighted by molar-refractivity contribution is 7.79. The molecule has 2 rings (SSSR count). The first kappa shape index (κ1) is 8.08. The molecule has 2 aromatic rings. The topological polar surface area (TPSA) is 0 Å². The van der Waals surface area contributed by atoms with Crippen molar-refractivity contribution in [1.82, 2.24) is 0 Å². The summed E-state index contributed by atoms with van der Waals surface area (Å²) in [6.45, 7) is 0. The zero-order chi connectivity index (χ0) is 8.55. The van der Waals surface area contributed by atoms with Crippen molar-refractivity contribution >= 4 is 34.1 Å². The first-order valence-corrected chi connectivity index (χ1v) is 5.09. The van der Waals surface area contributed by atoms with Crippen molar-refractivity contribution in [3.8, 4) is 0 Å². The number of hydrogen-bond donors (Lipinski definition) is 1. The van der Waals surface area contributed by atoms with E-state index in [-0.39, 0.29) is 5.82 Å². The second kappa shape index (κ2) is 3.07. The van der Waals surface area contributed by atoms with E-state index in [4.69, 9.17) is 0 Å². The molecule has 0 aliphatic rings. The fourth-order valence-electron chi connectivity index (χ4n) is 1.18. The Morgan fingerprint density at radius 3 is 3.00 bits per heavy atom. The SMILES string of the molecule is Fc1ccc2c(CS)csc2c1. The molecule has 62 valence electrons. The standard InChI is InChI=1S/C9H7FS2/c10-7-1-2-8-6(4-11)5-12-9(8)3-7/h1-3,5,11H,4H2. The second-order valence-electron chi connectivity index (χ2n) is 2.56. The van der Waals surface area contributed by atoms with Gasteiger partial charge in [-0.25, -0.2) is 4.39 Å². The molecule has 0 unspecified atom stereocenters. The molecule has 0 aliphatic heterocycles. The van der Waals surface area contributed by atoms with Crippen molar-refractivity contribution in [2.75, 3.05) is 0 Å². The van der Waals surface area contributed by atoms with Gasteiger partial charge in [-0.15, -0.1) is 11.3 Å². The summed E-state index contributed by atoms with van der Waals surface area (Å²) < 4.78 is 13.7. The molecule has 0 saturated carbocycles. The Morgan fingerprint density at radius 1 is 1.42 bits per heavy atom. The lowest BCUT2D eigenvalue weighted by Crippen LogP contribution is -1.74. The summed E-state index contributed by atoms with van der Waals surface area (Å²) in [5.41, 5.74) is 1.18. The van der Waals surface area contributed by atoms with Crippen LogP contribution >= 0.6 is 24.0 Å². The molecule has 0 saturated heterocycles. The Labute approximate surface area is 79.4 Å². The summed E-state index contributed by atoms with van der Waals surface area (Å²) in [7, 11) is 0. The third-order valence-corrected chi connectivity index (χ3v) is 3.12. The number of benzene rings is 1. The van der Waals surface area contributed by atoms with E-state index in [0.29, 0.717) is 5.75 Å². The van der Waals surface area contributed by atoms with E-state index in [9.17, 15) is 4.39 Å². The van der Waals surface area contributed by atoms with Crippen molar-refractivity contribution in [2.24, 2.45) is 0 Å². The van der Waals surface area contributed by atoms with E-state index >= 15 is 0 Å². The lowest BCUT2D eigenvalue weighted by atomic mass is 10.2. The number of thiophene rings is 1. The van der Waals surface area contributed by atoms with Crippen LogP contribution in [0.25, 0.3) is 10.1 Å². The summed E-state index contributed by atoms with van der Waals surface area (Å²) >= 11 is 5.75. The molecule has 0 fully saturated rings. The summed E-state index contributed by atoms with van der Waals surface area (Å²) in [6.07, 6.45) is 0. The first-order valence-electron chi connectivity index (χ1n) is 3.58. The smallest absolute Gasteiger partial charge is 0.124 e. The maximum Gasteiger partial charge on any atom is 0.124 e. The minimum Gasteiger partial charge on any atom is -0.207 e. The number of rotatable bonds is 1. The van der Waals surface area contributed by atoms with Gasteiger partial charge in [-0.2, -0.15) is 12.6 Å². The molecule has 0 radical (unpaired) electrons. The van der Waals surface area contributed by atoms with Crippen molar-refractivity contribution < 1.29 is 4.39 Å². The van der Waals surface area contributed by atoms with Crippen molar-refractivity contribution in [3.05, 3.63) is 35.0 Å². The van der Waals surface area contributed by atoms with E-state index in [2.05, 4.69) is 12.6 Å². The van der Waals surface area contributed by atoms with Gasteiger partial charge in [0.15, 0.2) is 0 Å². The predicted molar refractivity (Wildman–Crippen MR) is 54.5 cm³/mol. The third kappa shape index (κ3) is 1.23. The molecule has 0 amide bonds. The highest BCUT2D eigenvalue weighted by Gasteiger charge is 2.02. The molecular formula is C9H7FS2. The second-order valence-corrected chi connectivity index (χ2v) is 3.79. The lowest BCUT2D eigenvalue weighted by molar-refractivity contribution is 0.630. The molecule has 12 heavy (non-hydrogen) atoms. The fraction of sp³-hybridized carbons (Fsp3) is 0.111. The van der Waals surface area contributed by atoms with E-state index in [1.165, 1.54) is 11.6 Å². The average molecular weight is 198 g/mol. The van der Waals surface area contributed by atoms with Crippen LogP contribution in [0.4, 0.5) is 4.39 Å². The molecule has 0 spiro atoms. The molecule has 0 N–H and O–H groups in total. The maximum absolute atomic E-state index is 12.7. The van der Waals surface area contributed by atoms with Crippen LogP contribution in [-0.4, -0.2) is 0 Å². The Hall–Kier alpha value is -0.540. The van der Waals surface area contributed by atoms with Crippen LogP contribution in [0, 0.1) is 5.82 Å². The molecule has 0 aliphatic carbocycles. The van der Waals surface area contributed by atoms with Gasteiger partial charge in [-0.1, -0.05) is 6.07 Å². The zero-order valence-electron chi connectivity index (χ0n) is 6.25. The van der Waals surface area contributed by atoms with Crippen LogP contribution < -0.4 is 0 Å². The Bertz CT molecular complexity index is 406. The van der Waals surface area contributed by atoms with Crippen LogP contribution in [0.3, 0.4) is 0 Å². The van der Waals surface area contributed by atoms with Crippen LogP contribution in [-0.2, 0) is 5.75 Å². The molecule has 3 heteroatoms. The Balaban J connectivity index is 2.73. The average Bonchev–Trinajstić information content (AvgIpc) is 2.46. The molecular weight excluding hydrogens is 191 g/mol. The van der Waals surface area contributed by atoms with Crippen molar-refractivity contribution in [2.45, 2.75) is 5.75 Å². The number of fused-ring (bicyclic) bond motifs is 1. The molecule has 1 heterocycles. The third-order valence-electron chi connectivity index (χ3n) is 1.79. The monoisotopic (exact) mass is 198 g/mol. The van der Waals surface area contributed by atoms with Gasteiger partial charge in [0.2, 0.25) is 0 Å². The van der Waals surface area contributed by atoms with Crippen LogP contribution in [0.5, 0.6) is 0 Å². The highest BCUT2D eigenvalue weighted by Crippen LogP contribution is 2.27. The van der Waals surface area contributed by atoms with Crippen LogP contribution in [0.15, 0.2) is 23.6 Å². The van der Waals surface area contributed by atoms with Crippen LogP contribution in [0.1, 0.15) is 5.56 Å². The van der Waals surface area contributed by atoms with Gasteiger partial charge in [0, 0.05) is 10.5 Å². The Kier molecular flexibility index (Phi) is 2.07. The molecule has 1 aromatic heterocycles. The summed E-state index contributed by atoms with van der Waals surface area (Å²) in [5.74, 6) is 0.543. The van der Waals surface area contributed by atoms with E-state index in [1.807, 2.05) is 11.4 Å². The summed E-state index contributed by atoms with van der Waals surface area (Å²) in [6, 6.07) is 4.86. The van der Waals surface area contributed by atoms with Gasteiger partial charge in [-0.3, -0.25) is 0 Å². The molecule has 0 atom stereocenters. The van der Waals surface area contributed by atoms with E-state index in [0.717, 1.165) is 10.1 Å². The number of thiol groups is 1. The van der Waals surface area contributed by atoms with E-state index in [1.54, 1.807) is 17.4 Å². The number of hydrogen-bond acceptors (Lipinski definition) is 2. The molecule has 0 nitrogen and oxygen atoms in total. The predicted octanol–water partition coefficient (Wildman–Crippen LogP) is 3.47. The van der Waals surface area contributed by atoms with Gasteiger partial charge < -0.3 is 0 Å². The van der Waals surface area contributed by atoms with Crippen molar-refractivity contribution in [1.29, 1.82) is 0 Å². The minimum absolute atomic E-state index is 0.171. The van der Waals surface area contributed by atoms with Gasteiger partial charge in [0.05, 0.1) is 0 Å². The lowest BCUT2D eigenvalue weighted by Gasteiger charge is -1.92. The molecule has 1 aromatic carbocycles. The van der Waals surface area contributed by atoms with Gasteiger partial charge in [-0.05, 0) is 28.5 Å². The van der Waals surface area contributed by atoms with Gasteiger partial charge in [0.25, 0.3) is 0 Å². The Morgan fingerprint density at radius 2 is 2.25 bits per heavy atom. The quantitative estimate of drug-likeness (QED) is 0.666. The maximum atomic E-state index is 12.7. The van der Waals surface area contributed by atoms with Crippen LogP contribution in [0.2, 0.25) is 0 Å². The summed E-state index contributed by atoms with van der Waals surface area (Å²) in [4.78, 5) is 0. The van der Waals surface area contributed by atoms with Gasteiger partial charge >= 0.3 is 0 Å². The molecule has 0 bridgehead atoms. The normalized spacial score (nSPS) is 10.8. The number of halogens is 1.